The molecule has 2 saturated carbocycles. The Balaban J connectivity index is 1.78. The van der Waals surface area contributed by atoms with Crippen LogP contribution in [0.25, 0.3) is 0 Å². The minimum atomic E-state index is -0.733. The number of hydrogen-bond donors (Lipinski definition) is 1. The molecule has 0 aliphatic heterocycles. The van der Waals surface area contributed by atoms with Gasteiger partial charge in [-0.25, -0.2) is 0 Å². The fourth-order valence-corrected chi connectivity index (χ4v) is 3.76. The molecule has 0 radical (unpaired) electrons. The smallest absolute Gasteiger partial charge is 0.240 e. The van der Waals surface area contributed by atoms with Crippen LogP contribution in [0.3, 0.4) is 0 Å². The third kappa shape index (κ3) is 3.98. The summed E-state index contributed by atoms with van der Waals surface area (Å²) in [7, 11) is 0. The molecule has 0 aromatic heterocycles. The summed E-state index contributed by atoms with van der Waals surface area (Å²) in [4.78, 5) is 12.4. The predicted octanol–water partition coefficient (Wildman–Crippen LogP) is 3.94. The first-order valence-corrected chi connectivity index (χ1v) is 8.46. The van der Waals surface area contributed by atoms with E-state index in [9.17, 15) is 10.1 Å². The molecule has 112 valence electrons. The van der Waals surface area contributed by atoms with Gasteiger partial charge in [0.25, 0.3) is 0 Å². The lowest BCUT2D eigenvalue weighted by atomic mass is 9.81. The Labute approximate surface area is 123 Å². The number of carbonyl (C=O) groups is 1. The molecular weight excluding hydrogens is 248 g/mol. The van der Waals surface area contributed by atoms with Gasteiger partial charge >= 0.3 is 0 Å². The van der Waals surface area contributed by atoms with Gasteiger partial charge < -0.3 is 5.32 Å². The first kappa shape index (κ1) is 15.4. The van der Waals surface area contributed by atoms with Crippen LogP contribution in [-0.2, 0) is 4.79 Å². The Hall–Kier alpha value is -1.04. The van der Waals surface area contributed by atoms with Gasteiger partial charge in [-0.05, 0) is 25.2 Å². The van der Waals surface area contributed by atoms with E-state index < -0.39 is 5.41 Å². The first-order valence-electron chi connectivity index (χ1n) is 8.46. The molecule has 0 spiro atoms. The van der Waals surface area contributed by atoms with Crippen LogP contribution in [0.15, 0.2) is 0 Å². The van der Waals surface area contributed by atoms with Crippen LogP contribution >= 0.6 is 0 Å². The molecule has 0 heterocycles. The van der Waals surface area contributed by atoms with Crippen LogP contribution in [0.4, 0.5) is 0 Å². The number of nitrogens with one attached hydrogen (secondary N) is 1. The SMILES string of the molecule is N#CC1(C(=O)NCCC2CCCCC2)CCCCCC1. The lowest BCUT2D eigenvalue weighted by Crippen LogP contribution is -2.40. The van der Waals surface area contributed by atoms with E-state index in [4.69, 9.17) is 0 Å². The molecule has 20 heavy (non-hydrogen) atoms. The van der Waals surface area contributed by atoms with E-state index in [0.717, 1.165) is 44.6 Å². The zero-order valence-electron chi connectivity index (χ0n) is 12.6. The van der Waals surface area contributed by atoms with Crippen LogP contribution < -0.4 is 5.32 Å². The average Bonchev–Trinajstić information content (AvgIpc) is 2.74. The third-order valence-electron chi connectivity index (χ3n) is 5.17. The maximum absolute atomic E-state index is 12.4. The summed E-state index contributed by atoms with van der Waals surface area (Å²) < 4.78 is 0. The van der Waals surface area contributed by atoms with Crippen LogP contribution in [-0.4, -0.2) is 12.5 Å². The van der Waals surface area contributed by atoms with E-state index in [2.05, 4.69) is 11.4 Å². The summed E-state index contributed by atoms with van der Waals surface area (Å²) in [5, 5.41) is 12.5. The van der Waals surface area contributed by atoms with Crippen molar-refractivity contribution < 1.29 is 4.79 Å². The highest BCUT2D eigenvalue weighted by molar-refractivity contribution is 5.85. The summed E-state index contributed by atoms with van der Waals surface area (Å²) in [6.07, 6.45) is 13.7. The highest BCUT2D eigenvalue weighted by atomic mass is 16.2. The van der Waals surface area contributed by atoms with Gasteiger partial charge in [0.2, 0.25) is 5.91 Å². The predicted molar refractivity (Wildman–Crippen MR) is 79.9 cm³/mol. The van der Waals surface area contributed by atoms with Gasteiger partial charge in [0, 0.05) is 6.54 Å². The van der Waals surface area contributed by atoms with Crippen molar-refractivity contribution in [2.24, 2.45) is 11.3 Å². The normalized spacial score (nSPS) is 23.6. The van der Waals surface area contributed by atoms with E-state index in [-0.39, 0.29) is 5.91 Å². The summed E-state index contributed by atoms with van der Waals surface area (Å²) >= 11 is 0. The molecule has 2 aliphatic carbocycles. The van der Waals surface area contributed by atoms with Crippen molar-refractivity contribution in [3.8, 4) is 6.07 Å². The largest absolute Gasteiger partial charge is 0.355 e. The number of nitrogens with zero attached hydrogens (tertiary/aromatic N) is 1. The molecule has 3 heteroatoms. The molecule has 0 saturated heterocycles. The van der Waals surface area contributed by atoms with Gasteiger partial charge in [-0.3, -0.25) is 4.79 Å². The Kier molecular flexibility index (Phi) is 5.88. The van der Waals surface area contributed by atoms with E-state index in [0.29, 0.717) is 0 Å². The number of hydrogen-bond acceptors (Lipinski definition) is 2. The molecule has 2 aliphatic rings. The first-order chi connectivity index (χ1) is 9.77. The Bertz CT molecular complexity index is 344. The van der Waals surface area contributed by atoms with Crippen molar-refractivity contribution in [1.29, 1.82) is 5.26 Å². The van der Waals surface area contributed by atoms with Crippen LogP contribution in [0.2, 0.25) is 0 Å². The number of rotatable bonds is 4. The van der Waals surface area contributed by atoms with Gasteiger partial charge in [-0.15, -0.1) is 0 Å². The molecule has 0 aromatic rings. The molecule has 2 rings (SSSR count). The second-order valence-electron chi connectivity index (χ2n) is 6.66. The van der Waals surface area contributed by atoms with Gasteiger partial charge in [0.1, 0.15) is 5.41 Å². The van der Waals surface area contributed by atoms with Crippen LogP contribution in [0.5, 0.6) is 0 Å². The molecule has 0 bridgehead atoms. The third-order valence-corrected chi connectivity index (χ3v) is 5.17. The molecule has 0 aromatic carbocycles. The van der Waals surface area contributed by atoms with Gasteiger partial charge in [0.15, 0.2) is 0 Å². The maximum atomic E-state index is 12.4. The highest BCUT2D eigenvalue weighted by Crippen LogP contribution is 2.34. The number of carbonyl (C=O) groups excluding carboxylic acids is 1. The van der Waals surface area contributed by atoms with Gasteiger partial charge in [-0.2, -0.15) is 5.26 Å². The molecule has 0 unspecified atom stereocenters. The number of nitriles is 1. The lowest BCUT2D eigenvalue weighted by Gasteiger charge is -2.25. The highest BCUT2D eigenvalue weighted by Gasteiger charge is 2.38. The van der Waals surface area contributed by atoms with Crippen molar-refractivity contribution >= 4 is 5.91 Å². The molecule has 2 fully saturated rings. The molecule has 1 N–H and O–H groups in total. The average molecular weight is 276 g/mol. The molecule has 3 nitrogen and oxygen atoms in total. The van der Waals surface area contributed by atoms with Crippen LogP contribution in [0, 0.1) is 22.7 Å². The zero-order chi connectivity index (χ0) is 14.3. The molecule has 1 amide bonds. The minimum absolute atomic E-state index is 0.00212. The molecule has 0 atom stereocenters. The summed E-state index contributed by atoms with van der Waals surface area (Å²) in [5.41, 5.74) is -0.733. The number of amides is 1. The van der Waals surface area contributed by atoms with E-state index in [1.54, 1.807) is 0 Å². The fraction of sp³-hybridized carbons (Fsp3) is 0.882. The van der Waals surface area contributed by atoms with E-state index in [1.165, 1.54) is 44.9 Å². The maximum Gasteiger partial charge on any atom is 0.240 e. The summed E-state index contributed by atoms with van der Waals surface area (Å²) in [5.74, 6) is 0.786. The Morgan fingerprint density at radius 1 is 1.05 bits per heavy atom. The standard InChI is InChI=1S/C17H28N2O/c18-14-17(11-6-1-2-7-12-17)16(20)19-13-10-15-8-4-3-5-9-15/h15H,1-13H2,(H,19,20). The summed E-state index contributed by atoms with van der Waals surface area (Å²) in [6, 6.07) is 2.33. The summed E-state index contributed by atoms with van der Waals surface area (Å²) in [6.45, 7) is 0.757. The van der Waals surface area contributed by atoms with Crippen molar-refractivity contribution in [2.45, 2.75) is 77.0 Å². The quantitative estimate of drug-likeness (QED) is 0.791. The van der Waals surface area contributed by atoms with Crippen molar-refractivity contribution in [1.82, 2.24) is 5.32 Å². The van der Waals surface area contributed by atoms with Gasteiger partial charge in [-0.1, -0.05) is 57.8 Å². The van der Waals surface area contributed by atoms with Crippen molar-refractivity contribution in [3.63, 3.8) is 0 Å². The van der Waals surface area contributed by atoms with E-state index >= 15 is 0 Å². The Morgan fingerprint density at radius 2 is 1.65 bits per heavy atom. The topological polar surface area (TPSA) is 52.9 Å². The van der Waals surface area contributed by atoms with Crippen LogP contribution in [0.1, 0.15) is 77.0 Å². The zero-order valence-corrected chi connectivity index (χ0v) is 12.6. The second kappa shape index (κ2) is 7.67. The monoisotopic (exact) mass is 276 g/mol. The van der Waals surface area contributed by atoms with Crippen molar-refractivity contribution in [2.75, 3.05) is 6.54 Å². The molecular formula is C17H28N2O. The Morgan fingerprint density at radius 3 is 2.25 bits per heavy atom. The second-order valence-corrected chi connectivity index (χ2v) is 6.66. The lowest BCUT2D eigenvalue weighted by molar-refractivity contribution is -0.128. The minimum Gasteiger partial charge on any atom is -0.355 e. The van der Waals surface area contributed by atoms with E-state index in [1.807, 2.05) is 0 Å². The van der Waals surface area contributed by atoms with Crippen molar-refractivity contribution in [3.05, 3.63) is 0 Å². The van der Waals surface area contributed by atoms with Gasteiger partial charge in [0.05, 0.1) is 6.07 Å². The fourth-order valence-electron chi connectivity index (χ4n) is 3.76.